The van der Waals surface area contributed by atoms with E-state index in [-0.39, 0.29) is 6.10 Å². The molecule has 0 aliphatic carbocycles. The van der Waals surface area contributed by atoms with Gasteiger partial charge in [-0.1, -0.05) is 54.6 Å². The van der Waals surface area contributed by atoms with Crippen LogP contribution in [-0.4, -0.2) is 6.61 Å². The summed E-state index contributed by atoms with van der Waals surface area (Å²) in [7, 11) is 0. The molecule has 0 spiro atoms. The van der Waals surface area contributed by atoms with Crippen molar-refractivity contribution >= 4 is 0 Å². The van der Waals surface area contributed by atoms with Crippen molar-refractivity contribution in [3.63, 3.8) is 0 Å². The molecular weight excluding hydrogens is 196 g/mol. The zero-order valence-electron chi connectivity index (χ0n) is 9.73. The van der Waals surface area contributed by atoms with Crippen LogP contribution in [-0.2, 0) is 4.74 Å². The summed E-state index contributed by atoms with van der Waals surface area (Å²) in [6, 6.07) is 8.62. The van der Waals surface area contributed by atoms with Gasteiger partial charge < -0.3 is 4.74 Å². The normalized spacial score (nSPS) is 25.1. The number of ether oxygens (including phenoxy) is 1. The lowest BCUT2D eigenvalue weighted by molar-refractivity contribution is 0.0995. The van der Waals surface area contributed by atoms with Gasteiger partial charge in [0.25, 0.3) is 0 Å². The van der Waals surface area contributed by atoms with Crippen LogP contribution in [0.2, 0.25) is 0 Å². The van der Waals surface area contributed by atoms with Gasteiger partial charge >= 0.3 is 0 Å². The van der Waals surface area contributed by atoms with Crippen LogP contribution in [0.25, 0.3) is 0 Å². The highest BCUT2D eigenvalue weighted by atomic mass is 16.5. The van der Waals surface area contributed by atoms with Gasteiger partial charge in [0.15, 0.2) is 0 Å². The summed E-state index contributed by atoms with van der Waals surface area (Å²) in [5.74, 6) is 0.487. The molecule has 0 aromatic heterocycles. The van der Waals surface area contributed by atoms with Gasteiger partial charge in [0.1, 0.15) is 0 Å². The molecule has 0 saturated carbocycles. The molecule has 0 amide bonds. The topological polar surface area (TPSA) is 9.23 Å². The summed E-state index contributed by atoms with van der Waals surface area (Å²) >= 11 is 0. The van der Waals surface area contributed by atoms with Crippen LogP contribution in [0.4, 0.5) is 0 Å². The first-order valence-electron chi connectivity index (χ1n) is 5.78. The van der Waals surface area contributed by atoms with E-state index >= 15 is 0 Å². The van der Waals surface area contributed by atoms with Crippen LogP contribution in [0.3, 0.4) is 0 Å². The SMILES string of the molecule is C=C/C=C/[C@H]1CCO[C@@H]1c1ccc(C)cc1. The van der Waals surface area contributed by atoms with Gasteiger partial charge in [0.05, 0.1) is 6.10 Å². The first kappa shape index (κ1) is 11.2. The molecule has 1 aromatic carbocycles. The molecule has 2 rings (SSSR count). The minimum absolute atomic E-state index is 0.219. The summed E-state index contributed by atoms with van der Waals surface area (Å²) in [4.78, 5) is 0. The Hall–Kier alpha value is -1.34. The summed E-state index contributed by atoms with van der Waals surface area (Å²) in [5.41, 5.74) is 2.57. The van der Waals surface area contributed by atoms with Crippen LogP contribution >= 0.6 is 0 Å². The average Bonchev–Trinajstić information content (AvgIpc) is 2.75. The van der Waals surface area contributed by atoms with Gasteiger partial charge in [-0.05, 0) is 18.9 Å². The minimum atomic E-state index is 0.219. The molecule has 0 bridgehead atoms. The Morgan fingerprint density at radius 2 is 2.06 bits per heavy atom. The van der Waals surface area contributed by atoms with Crippen molar-refractivity contribution in [2.75, 3.05) is 6.61 Å². The van der Waals surface area contributed by atoms with Crippen molar-refractivity contribution in [1.82, 2.24) is 0 Å². The Morgan fingerprint density at radius 1 is 1.31 bits per heavy atom. The van der Waals surface area contributed by atoms with E-state index in [0.29, 0.717) is 5.92 Å². The molecule has 1 fully saturated rings. The smallest absolute Gasteiger partial charge is 0.0888 e. The molecule has 1 heteroatoms. The largest absolute Gasteiger partial charge is 0.373 e. The van der Waals surface area contributed by atoms with Gasteiger partial charge in [-0.2, -0.15) is 0 Å². The lowest BCUT2D eigenvalue weighted by Gasteiger charge is -2.15. The maximum Gasteiger partial charge on any atom is 0.0888 e. The molecule has 1 aromatic rings. The fraction of sp³-hybridized carbons (Fsp3) is 0.333. The second-order valence-electron chi connectivity index (χ2n) is 4.28. The zero-order chi connectivity index (χ0) is 11.4. The number of aryl methyl sites for hydroxylation is 1. The van der Waals surface area contributed by atoms with E-state index in [1.54, 1.807) is 0 Å². The van der Waals surface area contributed by atoms with Crippen LogP contribution in [0, 0.1) is 12.8 Å². The Morgan fingerprint density at radius 3 is 2.75 bits per heavy atom. The average molecular weight is 214 g/mol. The number of allylic oxidation sites excluding steroid dienone is 2. The Balaban J connectivity index is 2.16. The van der Waals surface area contributed by atoms with Gasteiger partial charge in [0.2, 0.25) is 0 Å². The second kappa shape index (κ2) is 5.13. The molecule has 0 N–H and O–H groups in total. The van der Waals surface area contributed by atoms with E-state index in [2.05, 4.69) is 43.8 Å². The number of rotatable bonds is 3. The van der Waals surface area contributed by atoms with Crippen LogP contribution in [0.5, 0.6) is 0 Å². The van der Waals surface area contributed by atoms with E-state index in [0.717, 1.165) is 13.0 Å². The molecule has 0 radical (unpaired) electrons. The van der Waals surface area contributed by atoms with Crippen molar-refractivity contribution in [2.24, 2.45) is 5.92 Å². The first-order chi connectivity index (χ1) is 7.81. The highest BCUT2D eigenvalue weighted by Gasteiger charge is 2.27. The highest BCUT2D eigenvalue weighted by molar-refractivity contribution is 5.25. The van der Waals surface area contributed by atoms with Crippen molar-refractivity contribution in [3.8, 4) is 0 Å². The molecule has 16 heavy (non-hydrogen) atoms. The third kappa shape index (κ3) is 2.42. The van der Waals surface area contributed by atoms with E-state index in [4.69, 9.17) is 4.74 Å². The molecule has 1 saturated heterocycles. The monoisotopic (exact) mass is 214 g/mol. The van der Waals surface area contributed by atoms with E-state index in [1.807, 2.05) is 12.2 Å². The van der Waals surface area contributed by atoms with E-state index in [9.17, 15) is 0 Å². The first-order valence-corrected chi connectivity index (χ1v) is 5.78. The molecule has 1 aliphatic heterocycles. The maximum atomic E-state index is 5.80. The van der Waals surface area contributed by atoms with Crippen LogP contribution < -0.4 is 0 Å². The van der Waals surface area contributed by atoms with Crippen LogP contribution in [0.1, 0.15) is 23.7 Å². The Labute approximate surface area is 97.4 Å². The molecule has 2 atom stereocenters. The second-order valence-corrected chi connectivity index (χ2v) is 4.28. The van der Waals surface area contributed by atoms with Crippen molar-refractivity contribution in [1.29, 1.82) is 0 Å². The number of hydrogen-bond donors (Lipinski definition) is 0. The molecule has 1 nitrogen and oxygen atoms in total. The van der Waals surface area contributed by atoms with Crippen molar-refractivity contribution in [3.05, 3.63) is 60.2 Å². The standard InChI is InChI=1S/C15H18O/c1-3-4-5-13-10-11-16-15(13)14-8-6-12(2)7-9-14/h3-9,13,15H,1,10-11H2,2H3/b5-4+/t13-,15-/m0/s1. The van der Waals surface area contributed by atoms with E-state index < -0.39 is 0 Å². The van der Waals surface area contributed by atoms with Gasteiger partial charge in [-0.3, -0.25) is 0 Å². The zero-order valence-corrected chi connectivity index (χ0v) is 9.73. The predicted octanol–water partition coefficient (Wildman–Crippen LogP) is 3.81. The number of hydrogen-bond acceptors (Lipinski definition) is 1. The third-order valence-corrected chi connectivity index (χ3v) is 3.04. The third-order valence-electron chi connectivity index (χ3n) is 3.04. The molecule has 84 valence electrons. The lowest BCUT2D eigenvalue weighted by atomic mass is 9.94. The van der Waals surface area contributed by atoms with Gasteiger partial charge in [-0.25, -0.2) is 0 Å². The molecule has 1 aliphatic rings. The maximum absolute atomic E-state index is 5.80. The van der Waals surface area contributed by atoms with Crippen LogP contribution in [0.15, 0.2) is 49.1 Å². The minimum Gasteiger partial charge on any atom is -0.373 e. The van der Waals surface area contributed by atoms with Crippen molar-refractivity contribution in [2.45, 2.75) is 19.4 Å². The molecule has 0 unspecified atom stereocenters. The lowest BCUT2D eigenvalue weighted by Crippen LogP contribution is -2.04. The Kier molecular flexibility index (Phi) is 3.58. The summed E-state index contributed by atoms with van der Waals surface area (Å²) in [5, 5.41) is 0. The Bertz CT molecular complexity index is 375. The highest BCUT2D eigenvalue weighted by Crippen LogP contribution is 2.35. The van der Waals surface area contributed by atoms with Crippen molar-refractivity contribution < 1.29 is 4.74 Å². The van der Waals surface area contributed by atoms with Gasteiger partial charge in [-0.15, -0.1) is 0 Å². The summed E-state index contributed by atoms with van der Waals surface area (Å²) in [6.45, 7) is 6.66. The van der Waals surface area contributed by atoms with Gasteiger partial charge in [0, 0.05) is 12.5 Å². The molecular formula is C15H18O. The fourth-order valence-electron chi connectivity index (χ4n) is 2.12. The quantitative estimate of drug-likeness (QED) is 0.695. The molecule has 1 heterocycles. The fourth-order valence-corrected chi connectivity index (χ4v) is 2.12. The number of benzene rings is 1. The van der Waals surface area contributed by atoms with E-state index in [1.165, 1.54) is 11.1 Å². The predicted molar refractivity (Wildman–Crippen MR) is 67.3 cm³/mol. The summed E-state index contributed by atoms with van der Waals surface area (Å²) in [6.07, 6.45) is 7.36. The summed E-state index contributed by atoms with van der Waals surface area (Å²) < 4.78 is 5.80.